The van der Waals surface area contributed by atoms with Crippen molar-refractivity contribution < 1.29 is 34.2 Å². The Hall–Kier alpha value is -3.51. The van der Waals surface area contributed by atoms with E-state index < -0.39 is 60.2 Å². The Labute approximate surface area is 216 Å². The van der Waals surface area contributed by atoms with E-state index in [2.05, 4.69) is 16.0 Å². The molecule has 0 radical (unpaired) electrons. The van der Waals surface area contributed by atoms with Crippen molar-refractivity contribution in [2.75, 3.05) is 6.54 Å². The maximum absolute atomic E-state index is 13.3. The molecule has 3 amide bonds. The summed E-state index contributed by atoms with van der Waals surface area (Å²) in [7, 11) is 0. The molecule has 0 aliphatic rings. The third-order valence-electron chi connectivity index (χ3n) is 6.05. The second-order valence-corrected chi connectivity index (χ2v) is 9.01. The maximum atomic E-state index is 13.3. The van der Waals surface area contributed by atoms with Crippen LogP contribution in [0.3, 0.4) is 0 Å². The van der Waals surface area contributed by atoms with E-state index in [0.717, 1.165) is 5.56 Å². The number of aliphatic carboxylic acids is 2. The van der Waals surface area contributed by atoms with Gasteiger partial charge in [-0.05, 0) is 37.3 Å². The molecule has 5 unspecified atom stereocenters. The Morgan fingerprint density at radius 2 is 1.43 bits per heavy atom. The summed E-state index contributed by atoms with van der Waals surface area (Å²) >= 11 is 0. The highest BCUT2D eigenvalue weighted by atomic mass is 16.4. The van der Waals surface area contributed by atoms with Gasteiger partial charge in [0.1, 0.15) is 18.1 Å². The van der Waals surface area contributed by atoms with Crippen LogP contribution in [0.2, 0.25) is 0 Å². The molecule has 1 rings (SSSR count). The highest BCUT2D eigenvalue weighted by molar-refractivity contribution is 5.94. The Bertz CT molecular complexity index is 912. The van der Waals surface area contributed by atoms with E-state index in [1.807, 2.05) is 19.9 Å². The Morgan fingerprint density at radius 1 is 0.865 bits per heavy atom. The number of rotatable bonds is 17. The number of carbonyl (C=O) groups excluding carboxylic acids is 3. The topological polar surface area (TPSA) is 214 Å². The fourth-order valence-corrected chi connectivity index (χ4v) is 3.52. The molecule has 0 bridgehead atoms. The molecular weight excluding hydrogens is 482 g/mol. The number of unbranched alkanes of at least 4 members (excludes halogenated alkanes) is 1. The predicted octanol–water partition coefficient (Wildman–Crippen LogP) is -0.255. The van der Waals surface area contributed by atoms with E-state index in [-0.39, 0.29) is 18.8 Å². The van der Waals surface area contributed by atoms with Crippen molar-refractivity contribution in [1.29, 1.82) is 0 Å². The van der Waals surface area contributed by atoms with Crippen molar-refractivity contribution in [2.45, 2.75) is 76.5 Å². The minimum Gasteiger partial charge on any atom is -0.481 e. The lowest BCUT2D eigenvalue weighted by atomic mass is 9.98. The average Bonchev–Trinajstić information content (AvgIpc) is 2.86. The van der Waals surface area contributed by atoms with Crippen LogP contribution < -0.4 is 27.4 Å². The molecule has 0 spiro atoms. The SMILES string of the molecule is CCC(C)C(N)C(=O)NC(Cc1ccccc1)C(=O)NC(CCCCN)C(=O)NC(CC(=O)O)C(=O)O. The third kappa shape index (κ3) is 11.4. The summed E-state index contributed by atoms with van der Waals surface area (Å²) in [6.45, 7) is 4.06. The quantitative estimate of drug-likeness (QED) is 0.134. The Morgan fingerprint density at radius 3 is 1.97 bits per heavy atom. The first-order valence-corrected chi connectivity index (χ1v) is 12.3. The van der Waals surface area contributed by atoms with Gasteiger partial charge in [0.2, 0.25) is 17.7 Å². The van der Waals surface area contributed by atoms with Crippen LogP contribution in [0.4, 0.5) is 0 Å². The molecule has 1 aromatic rings. The summed E-state index contributed by atoms with van der Waals surface area (Å²) in [5.74, 6) is -5.07. The van der Waals surface area contributed by atoms with E-state index in [4.69, 9.17) is 16.6 Å². The van der Waals surface area contributed by atoms with Gasteiger partial charge in [-0.2, -0.15) is 0 Å². The number of carboxylic acids is 2. The van der Waals surface area contributed by atoms with Gasteiger partial charge in [0.25, 0.3) is 0 Å². The van der Waals surface area contributed by atoms with Gasteiger partial charge >= 0.3 is 11.9 Å². The molecule has 0 aliphatic carbocycles. The lowest BCUT2D eigenvalue weighted by molar-refractivity contribution is -0.147. The molecule has 0 aliphatic heterocycles. The molecule has 0 heterocycles. The number of carboxylic acid groups (broad SMARTS) is 2. The van der Waals surface area contributed by atoms with Crippen molar-refractivity contribution in [2.24, 2.45) is 17.4 Å². The van der Waals surface area contributed by atoms with Gasteiger partial charge in [-0.1, -0.05) is 50.6 Å². The van der Waals surface area contributed by atoms with Crippen LogP contribution in [-0.2, 0) is 30.4 Å². The van der Waals surface area contributed by atoms with E-state index >= 15 is 0 Å². The van der Waals surface area contributed by atoms with Gasteiger partial charge in [-0.15, -0.1) is 0 Å². The van der Waals surface area contributed by atoms with Crippen molar-refractivity contribution in [3.05, 3.63) is 35.9 Å². The van der Waals surface area contributed by atoms with Gasteiger partial charge in [0.15, 0.2) is 0 Å². The van der Waals surface area contributed by atoms with Crippen LogP contribution in [0, 0.1) is 5.92 Å². The molecule has 9 N–H and O–H groups in total. The molecule has 1 aromatic carbocycles. The van der Waals surface area contributed by atoms with Crippen molar-refractivity contribution in [1.82, 2.24) is 16.0 Å². The van der Waals surface area contributed by atoms with E-state index in [1.54, 1.807) is 24.3 Å². The number of nitrogens with two attached hydrogens (primary N) is 2. The number of hydrogen-bond donors (Lipinski definition) is 7. The van der Waals surface area contributed by atoms with Crippen molar-refractivity contribution >= 4 is 29.7 Å². The molecule has 37 heavy (non-hydrogen) atoms. The van der Waals surface area contributed by atoms with Crippen molar-refractivity contribution in [3.8, 4) is 0 Å². The van der Waals surface area contributed by atoms with Gasteiger partial charge in [-0.25, -0.2) is 4.79 Å². The minimum absolute atomic E-state index is 0.125. The number of carbonyl (C=O) groups is 5. The van der Waals surface area contributed by atoms with E-state index in [9.17, 15) is 29.1 Å². The smallest absolute Gasteiger partial charge is 0.326 e. The van der Waals surface area contributed by atoms with Crippen LogP contribution in [0.25, 0.3) is 0 Å². The molecule has 12 nitrogen and oxygen atoms in total. The second-order valence-electron chi connectivity index (χ2n) is 9.01. The van der Waals surface area contributed by atoms with Crippen LogP contribution in [0.15, 0.2) is 30.3 Å². The zero-order valence-corrected chi connectivity index (χ0v) is 21.3. The fraction of sp³-hybridized carbons (Fsp3) is 0.560. The minimum atomic E-state index is -1.67. The number of hydrogen-bond acceptors (Lipinski definition) is 7. The first-order chi connectivity index (χ1) is 17.5. The van der Waals surface area contributed by atoms with E-state index in [0.29, 0.717) is 25.8 Å². The van der Waals surface area contributed by atoms with Gasteiger partial charge in [0.05, 0.1) is 12.5 Å². The highest BCUT2D eigenvalue weighted by Gasteiger charge is 2.31. The van der Waals surface area contributed by atoms with Gasteiger partial charge in [0, 0.05) is 6.42 Å². The maximum Gasteiger partial charge on any atom is 0.326 e. The lowest BCUT2D eigenvalue weighted by Crippen LogP contribution is -2.58. The van der Waals surface area contributed by atoms with Gasteiger partial charge in [-0.3, -0.25) is 19.2 Å². The van der Waals surface area contributed by atoms with E-state index in [1.165, 1.54) is 0 Å². The molecule has 5 atom stereocenters. The summed E-state index contributed by atoms with van der Waals surface area (Å²) in [5.41, 5.74) is 12.3. The van der Waals surface area contributed by atoms with Crippen LogP contribution >= 0.6 is 0 Å². The zero-order chi connectivity index (χ0) is 28.0. The zero-order valence-electron chi connectivity index (χ0n) is 21.3. The summed E-state index contributed by atoms with van der Waals surface area (Å²) in [5, 5.41) is 25.7. The van der Waals surface area contributed by atoms with Crippen LogP contribution in [-0.4, -0.2) is 70.6 Å². The highest BCUT2D eigenvalue weighted by Crippen LogP contribution is 2.09. The molecular formula is C25H39N5O7. The normalized spacial score (nSPS) is 14.9. The second kappa shape index (κ2) is 16.3. The molecule has 0 aromatic heterocycles. The molecule has 0 fully saturated rings. The largest absolute Gasteiger partial charge is 0.481 e. The summed E-state index contributed by atoms with van der Waals surface area (Å²) < 4.78 is 0. The molecule has 0 saturated carbocycles. The third-order valence-corrected chi connectivity index (χ3v) is 6.05. The first kappa shape index (κ1) is 31.5. The number of nitrogens with one attached hydrogen (secondary N) is 3. The Balaban J connectivity index is 3.13. The summed E-state index contributed by atoms with van der Waals surface area (Å²) in [6, 6.07) is 4.20. The molecule has 206 valence electrons. The monoisotopic (exact) mass is 521 g/mol. The summed E-state index contributed by atoms with van der Waals surface area (Å²) in [4.78, 5) is 61.4. The standard InChI is InChI=1S/C25H39N5O7/c1-3-15(2)21(27)24(35)29-18(13-16-9-5-4-6-10-16)23(34)28-17(11-7-8-12-26)22(33)30-19(25(36)37)14-20(31)32/h4-6,9-10,15,17-19,21H,3,7-8,11-14,26-27H2,1-2H3,(H,28,34)(H,29,35)(H,30,33)(H,31,32)(H,36,37). The fourth-order valence-electron chi connectivity index (χ4n) is 3.52. The molecule has 12 heteroatoms. The molecule has 0 saturated heterocycles. The van der Waals surface area contributed by atoms with Crippen LogP contribution in [0.1, 0.15) is 51.5 Å². The predicted molar refractivity (Wildman–Crippen MR) is 136 cm³/mol. The average molecular weight is 522 g/mol. The lowest BCUT2D eigenvalue weighted by Gasteiger charge is -2.26. The summed E-state index contributed by atoms with van der Waals surface area (Å²) in [6.07, 6.45) is 1.08. The Kier molecular flexibility index (Phi) is 13.9. The number of benzene rings is 1. The van der Waals surface area contributed by atoms with Gasteiger partial charge < -0.3 is 37.6 Å². The van der Waals surface area contributed by atoms with Crippen LogP contribution in [0.5, 0.6) is 0 Å². The first-order valence-electron chi connectivity index (χ1n) is 12.3. The van der Waals surface area contributed by atoms with Crippen molar-refractivity contribution in [3.63, 3.8) is 0 Å². The number of amides is 3.